The molecule has 0 aliphatic heterocycles. The number of carbonyl (C=O) groups excluding carboxylic acids is 1. The first kappa shape index (κ1) is 42.2. The van der Waals surface area contributed by atoms with E-state index in [9.17, 15) is 19.4 Å². The lowest BCUT2D eigenvalue weighted by Gasteiger charge is -2.25. The number of carbonyl (C=O) groups is 1. The van der Waals surface area contributed by atoms with Crippen LogP contribution in [-0.2, 0) is 18.4 Å². The van der Waals surface area contributed by atoms with Crippen molar-refractivity contribution in [3.8, 4) is 0 Å². The van der Waals surface area contributed by atoms with Gasteiger partial charge >= 0.3 is 7.82 Å². The number of rotatable bonds is 31. The van der Waals surface area contributed by atoms with Crippen LogP contribution >= 0.6 is 7.82 Å². The SMILES string of the molecule is CCCCCCCCCCC/C=C/C(O)C(COP(=O)(O)OCC[N+](C)(C)C)NC(=O)CCCCCCCCCCCC. The number of allylic oxidation sites excluding steroid dienone is 1. The van der Waals surface area contributed by atoms with Gasteiger partial charge in [0.1, 0.15) is 13.2 Å². The van der Waals surface area contributed by atoms with E-state index in [1.165, 1.54) is 89.9 Å². The largest absolute Gasteiger partial charge is 0.472 e. The Morgan fingerprint density at radius 1 is 0.767 bits per heavy atom. The van der Waals surface area contributed by atoms with Gasteiger partial charge in [-0.15, -0.1) is 0 Å². The summed E-state index contributed by atoms with van der Waals surface area (Å²) in [7, 11) is 1.57. The van der Waals surface area contributed by atoms with Gasteiger partial charge in [0, 0.05) is 6.42 Å². The smallest absolute Gasteiger partial charge is 0.387 e. The third-order valence-electron chi connectivity index (χ3n) is 7.76. The minimum absolute atomic E-state index is 0.0637. The van der Waals surface area contributed by atoms with Gasteiger partial charge in [-0.2, -0.15) is 0 Å². The molecule has 8 nitrogen and oxygen atoms in total. The van der Waals surface area contributed by atoms with Gasteiger partial charge in [-0.25, -0.2) is 4.57 Å². The normalized spacial score (nSPS) is 15.0. The summed E-state index contributed by atoms with van der Waals surface area (Å²) in [6.07, 6.45) is 27.0. The third-order valence-corrected chi connectivity index (χ3v) is 8.74. The fourth-order valence-electron chi connectivity index (χ4n) is 4.86. The second-order valence-corrected chi connectivity index (χ2v) is 14.7. The van der Waals surface area contributed by atoms with Gasteiger partial charge in [0.05, 0.1) is 39.9 Å². The lowest BCUT2D eigenvalue weighted by Crippen LogP contribution is -2.45. The summed E-state index contributed by atoms with van der Waals surface area (Å²) in [5.74, 6) is -0.182. The molecule has 0 bridgehead atoms. The summed E-state index contributed by atoms with van der Waals surface area (Å²) >= 11 is 0. The fourth-order valence-corrected chi connectivity index (χ4v) is 5.60. The van der Waals surface area contributed by atoms with Crippen LogP contribution in [-0.4, -0.2) is 73.4 Å². The first-order chi connectivity index (χ1) is 20.5. The van der Waals surface area contributed by atoms with E-state index in [4.69, 9.17) is 9.05 Å². The molecule has 0 aliphatic carbocycles. The molecule has 1 amide bonds. The lowest BCUT2D eigenvalue weighted by molar-refractivity contribution is -0.870. The number of aliphatic hydroxyl groups excluding tert-OH is 1. The van der Waals surface area contributed by atoms with Crippen molar-refractivity contribution in [3.63, 3.8) is 0 Å². The van der Waals surface area contributed by atoms with Gasteiger partial charge in [-0.1, -0.05) is 135 Å². The standard InChI is InChI=1S/C34H69N2O6P/c1-6-8-10-12-14-16-18-19-21-23-25-27-33(37)32(31-42-43(39,40)41-30-29-36(3,4)5)35-34(38)28-26-24-22-20-17-15-13-11-9-7-2/h25,27,32-33,37H,6-24,26,28-31H2,1-5H3,(H-,35,38,39,40)/p+1/b27-25+. The quantitative estimate of drug-likeness (QED) is 0.0306. The number of likely N-dealkylation sites (N-methyl/N-ethyl adjacent to an activating group) is 1. The number of nitrogens with one attached hydrogen (secondary N) is 1. The Morgan fingerprint density at radius 2 is 1.23 bits per heavy atom. The Hall–Kier alpha value is -0.760. The van der Waals surface area contributed by atoms with Crippen LogP contribution in [0.15, 0.2) is 12.2 Å². The summed E-state index contributed by atoms with van der Waals surface area (Å²) < 4.78 is 23.3. The molecule has 0 aromatic heterocycles. The highest BCUT2D eigenvalue weighted by atomic mass is 31.2. The second-order valence-electron chi connectivity index (χ2n) is 13.3. The zero-order valence-corrected chi connectivity index (χ0v) is 29.6. The molecule has 3 unspecified atom stereocenters. The molecule has 0 spiro atoms. The van der Waals surface area contributed by atoms with Crippen LogP contribution in [0.5, 0.6) is 0 Å². The average Bonchev–Trinajstić information content (AvgIpc) is 2.94. The summed E-state index contributed by atoms with van der Waals surface area (Å²) in [5.41, 5.74) is 0. The fraction of sp³-hybridized carbons (Fsp3) is 0.912. The Labute approximate surface area is 265 Å². The second kappa shape index (κ2) is 27.5. The Balaban J connectivity index is 4.61. The van der Waals surface area contributed by atoms with Gasteiger partial charge < -0.3 is 19.8 Å². The molecule has 0 saturated carbocycles. The maximum atomic E-state index is 12.7. The van der Waals surface area contributed by atoms with Gasteiger partial charge in [0.15, 0.2) is 0 Å². The van der Waals surface area contributed by atoms with E-state index in [2.05, 4.69) is 19.2 Å². The topological polar surface area (TPSA) is 105 Å². The minimum Gasteiger partial charge on any atom is -0.387 e. The van der Waals surface area contributed by atoms with Crippen LogP contribution in [0, 0.1) is 0 Å². The van der Waals surface area contributed by atoms with Crippen LogP contribution < -0.4 is 5.32 Å². The monoisotopic (exact) mass is 633 g/mol. The maximum absolute atomic E-state index is 12.7. The van der Waals surface area contributed by atoms with Gasteiger partial charge in [-0.05, 0) is 19.3 Å². The van der Waals surface area contributed by atoms with Crippen LogP contribution in [0.4, 0.5) is 0 Å². The van der Waals surface area contributed by atoms with Crippen molar-refractivity contribution in [1.82, 2.24) is 5.32 Å². The van der Waals surface area contributed by atoms with E-state index < -0.39 is 20.0 Å². The number of amides is 1. The van der Waals surface area contributed by atoms with E-state index in [0.29, 0.717) is 17.4 Å². The predicted octanol–water partition coefficient (Wildman–Crippen LogP) is 8.46. The summed E-state index contributed by atoms with van der Waals surface area (Å²) in [4.78, 5) is 22.8. The van der Waals surface area contributed by atoms with Crippen LogP contribution in [0.1, 0.15) is 149 Å². The number of quaternary nitrogens is 1. The van der Waals surface area contributed by atoms with Gasteiger partial charge in [-0.3, -0.25) is 13.8 Å². The van der Waals surface area contributed by atoms with Gasteiger partial charge in [0.2, 0.25) is 5.91 Å². The molecule has 0 heterocycles. The van der Waals surface area contributed by atoms with E-state index in [-0.39, 0.29) is 19.1 Å². The van der Waals surface area contributed by atoms with Gasteiger partial charge in [0.25, 0.3) is 0 Å². The van der Waals surface area contributed by atoms with Crippen molar-refractivity contribution in [3.05, 3.63) is 12.2 Å². The van der Waals surface area contributed by atoms with Crippen LogP contribution in [0.25, 0.3) is 0 Å². The number of hydrogen-bond acceptors (Lipinski definition) is 5. The summed E-state index contributed by atoms with van der Waals surface area (Å²) in [6.45, 7) is 4.76. The molecule has 256 valence electrons. The van der Waals surface area contributed by atoms with E-state index in [1.807, 2.05) is 27.2 Å². The number of hydrogen-bond donors (Lipinski definition) is 3. The van der Waals surface area contributed by atoms with E-state index >= 15 is 0 Å². The molecule has 0 fully saturated rings. The van der Waals surface area contributed by atoms with Crippen LogP contribution in [0.2, 0.25) is 0 Å². The van der Waals surface area contributed by atoms with Crippen molar-refractivity contribution in [2.75, 3.05) is 40.9 Å². The molecule has 0 aliphatic rings. The van der Waals surface area contributed by atoms with Crippen LogP contribution in [0.3, 0.4) is 0 Å². The molecule has 0 radical (unpaired) electrons. The van der Waals surface area contributed by atoms with Crippen molar-refractivity contribution >= 4 is 13.7 Å². The number of phosphoric acid groups is 1. The third kappa shape index (κ3) is 29.7. The maximum Gasteiger partial charge on any atom is 0.472 e. The number of nitrogens with zero attached hydrogens (tertiary/aromatic N) is 1. The van der Waals surface area contributed by atoms with Crippen molar-refractivity contribution in [2.24, 2.45) is 0 Å². The molecule has 0 aromatic rings. The molecule has 0 rings (SSSR count). The Kier molecular flexibility index (Phi) is 27.1. The highest BCUT2D eigenvalue weighted by Gasteiger charge is 2.27. The number of unbranched alkanes of at least 4 members (excludes halogenated alkanes) is 18. The molecule has 9 heteroatoms. The predicted molar refractivity (Wildman–Crippen MR) is 180 cm³/mol. The minimum atomic E-state index is -4.32. The summed E-state index contributed by atoms with van der Waals surface area (Å²) in [6, 6.07) is -0.836. The average molecular weight is 634 g/mol. The first-order valence-corrected chi connectivity index (χ1v) is 19.1. The highest BCUT2D eigenvalue weighted by Crippen LogP contribution is 2.43. The molecular weight excluding hydrogens is 563 g/mol. The Morgan fingerprint density at radius 3 is 1.72 bits per heavy atom. The molecule has 43 heavy (non-hydrogen) atoms. The number of aliphatic hydroxyl groups is 1. The zero-order chi connectivity index (χ0) is 32.2. The molecule has 3 N–H and O–H groups in total. The highest BCUT2D eigenvalue weighted by molar-refractivity contribution is 7.47. The van der Waals surface area contributed by atoms with Crippen molar-refractivity contribution in [1.29, 1.82) is 0 Å². The summed E-state index contributed by atoms with van der Waals surface area (Å²) in [5, 5.41) is 13.7. The van der Waals surface area contributed by atoms with Crippen molar-refractivity contribution in [2.45, 2.75) is 161 Å². The molecule has 0 saturated heterocycles. The first-order valence-electron chi connectivity index (χ1n) is 17.6. The zero-order valence-electron chi connectivity index (χ0n) is 28.7. The lowest BCUT2D eigenvalue weighted by atomic mass is 10.1. The van der Waals surface area contributed by atoms with Crippen molar-refractivity contribution < 1.29 is 32.9 Å². The van der Waals surface area contributed by atoms with E-state index in [0.717, 1.165) is 38.5 Å². The van der Waals surface area contributed by atoms with E-state index in [1.54, 1.807) is 6.08 Å². The molecule has 3 atom stereocenters. The Bertz CT molecular complexity index is 728. The number of phosphoric ester groups is 1. The molecule has 0 aromatic carbocycles. The molecular formula is C34H70N2O6P+.